The zero-order chi connectivity index (χ0) is 22.6. The largest absolute Gasteiger partial charge is 0.473 e. The summed E-state index contributed by atoms with van der Waals surface area (Å²) in [6, 6.07) is 2.51. The van der Waals surface area contributed by atoms with E-state index in [4.69, 9.17) is 26.5 Å². The molecule has 13 nitrogen and oxygen atoms in total. The van der Waals surface area contributed by atoms with Crippen molar-refractivity contribution < 1.29 is 19.5 Å². The molecule has 2 unspecified atom stereocenters. The molecule has 0 aliphatic carbocycles. The number of anilines is 1. The van der Waals surface area contributed by atoms with E-state index in [1.54, 1.807) is 5.38 Å². The molecule has 14 heteroatoms. The van der Waals surface area contributed by atoms with Gasteiger partial charge in [0.1, 0.15) is 30.1 Å². The van der Waals surface area contributed by atoms with Crippen LogP contribution in [-0.2, 0) is 9.63 Å². The molecule has 1 fully saturated rings. The third-order valence-corrected chi connectivity index (χ3v) is 5.05. The number of rotatable bonds is 9. The zero-order valence-corrected chi connectivity index (χ0v) is 17.6. The van der Waals surface area contributed by atoms with Crippen LogP contribution in [0, 0.1) is 5.41 Å². The van der Waals surface area contributed by atoms with Crippen LogP contribution < -0.4 is 26.8 Å². The van der Waals surface area contributed by atoms with Gasteiger partial charge in [0.25, 0.3) is 5.91 Å². The van der Waals surface area contributed by atoms with Crippen LogP contribution in [0.15, 0.2) is 22.7 Å². The topological polar surface area (TPSA) is 207 Å². The summed E-state index contributed by atoms with van der Waals surface area (Å²) in [5.74, 6) is -0.536. The molecule has 2 aromatic heterocycles. The summed E-state index contributed by atoms with van der Waals surface area (Å²) in [5.41, 5.74) is 10.9. The van der Waals surface area contributed by atoms with Crippen molar-refractivity contribution in [2.24, 2.45) is 10.9 Å². The molecule has 0 saturated carbocycles. The third-order valence-electron chi connectivity index (χ3n) is 4.38. The Morgan fingerprint density at radius 2 is 2.16 bits per heavy atom. The molecule has 3 heterocycles. The van der Waals surface area contributed by atoms with E-state index in [1.165, 1.54) is 12.1 Å². The van der Waals surface area contributed by atoms with Crippen LogP contribution in [0.4, 0.5) is 5.13 Å². The fourth-order valence-corrected chi connectivity index (χ4v) is 3.30. The van der Waals surface area contributed by atoms with Crippen molar-refractivity contribution in [1.29, 1.82) is 5.41 Å². The van der Waals surface area contributed by atoms with E-state index in [9.17, 15) is 9.90 Å². The SMILES string of the molecule is CC1(C)NC(O)C1NC(=O)C(=NOCCOc1ccc(C(=N)N)nn1)c1csc(N)n1. The predicted octanol–water partition coefficient (Wildman–Crippen LogP) is -1.22. The Morgan fingerprint density at radius 1 is 1.39 bits per heavy atom. The highest BCUT2D eigenvalue weighted by atomic mass is 32.1. The van der Waals surface area contributed by atoms with Gasteiger partial charge in [-0.25, -0.2) is 4.98 Å². The van der Waals surface area contributed by atoms with Crippen LogP contribution in [0.25, 0.3) is 0 Å². The van der Waals surface area contributed by atoms with Crippen molar-refractivity contribution in [3.63, 3.8) is 0 Å². The summed E-state index contributed by atoms with van der Waals surface area (Å²) in [6.07, 6.45) is -0.870. The summed E-state index contributed by atoms with van der Waals surface area (Å²) >= 11 is 1.16. The van der Waals surface area contributed by atoms with Crippen LogP contribution in [-0.4, -0.2) is 68.8 Å². The highest BCUT2D eigenvalue weighted by Gasteiger charge is 2.47. The van der Waals surface area contributed by atoms with Crippen molar-refractivity contribution in [3.05, 3.63) is 28.9 Å². The van der Waals surface area contributed by atoms with Crippen LogP contribution >= 0.6 is 11.3 Å². The molecule has 0 aromatic carbocycles. The van der Waals surface area contributed by atoms with Crippen LogP contribution in [0.3, 0.4) is 0 Å². The third kappa shape index (κ3) is 5.42. The normalized spacial score (nSPS) is 19.9. The second-order valence-corrected chi connectivity index (χ2v) is 8.01. The van der Waals surface area contributed by atoms with Gasteiger partial charge in [-0.2, -0.15) is 0 Å². The Hall–Kier alpha value is -3.36. The molecule has 0 radical (unpaired) electrons. The molecule has 2 atom stereocenters. The molecule has 1 aliphatic heterocycles. The van der Waals surface area contributed by atoms with Gasteiger partial charge in [-0.05, 0) is 19.9 Å². The Morgan fingerprint density at radius 3 is 2.71 bits per heavy atom. The quantitative estimate of drug-likeness (QED) is 0.116. The molecule has 1 saturated heterocycles. The van der Waals surface area contributed by atoms with Crippen molar-refractivity contribution in [2.75, 3.05) is 18.9 Å². The number of carbonyl (C=O) groups excluding carboxylic acids is 1. The summed E-state index contributed by atoms with van der Waals surface area (Å²) in [5, 5.41) is 36.0. The Balaban J connectivity index is 1.59. The highest BCUT2D eigenvalue weighted by Crippen LogP contribution is 2.23. The molecular formula is C17H23N9O4S. The van der Waals surface area contributed by atoms with E-state index in [1.807, 2.05) is 13.8 Å². The summed E-state index contributed by atoms with van der Waals surface area (Å²) < 4.78 is 5.37. The number of aliphatic hydroxyl groups excluding tert-OH is 1. The fraction of sp³-hybridized carbons (Fsp3) is 0.412. The standard InChI is InChI=1S/C17H23N9O4S/c1-17(2)12(15(28)23-17)22-14(27)11(9-7-31-16(20)21-9)26-30-6-5-29-10-4-3-8(13(18)19)24-25-10/h3-4,7,12,15,23,28H,5-6H2,1-2H3,(H3,18,19)(H2,20,21)(H,22,27). The molecule has 8 N–H and O–H groups in total. The maximum atomic E-state index is 12.7. The van der Waals surface area contributed by atoms with Gasteiger partial charge in [0, 0.05) is 17.0 Å². The van der Waals surface area contributed by atoms with Gasteiger partial charge >= 0.3 is 0 Å². The first-order chi connectivity index (χ1) is 14.7. The van der Waals surface area contributed by atoms with E-state index in [0.29, 0.717) is 0 Å². The van der Waals surface area contributed by atoms with Crippen molar-refractivity contribution in [1.82, 2.24) is 25.8 Å². The number of carbonyl (C=O) groups is 1. The van der Waals surface area contributed by atoms with E-state index < -0.39 is 23.7 Å². The predicted molar refractivity (Wildman–Crippen MR) is 113 cm³/mol. The van der Waals surface area contributed by atoms with E-state index in [2.05, 4.69) is 31.0 Å². The number of nitrogen functional groups attached to an aromatic ring is 2. The Labute approximate surface area is 181 Å². The average molecular weight is 449 g/mol. The highest BCUT2D eigenvalue weighted by molar-refractivity contribution is 7.13. The number of oxime groups is 1. The van der Waals surface area contributed by atoms with Gasteiger partial charge in [0.2, 0.25) is 5.88 Å². The van der Waals surface area contributed by atoms with Crippen LogP contribution in [0.2, 0.25) is 0 Å². The molecule has 3 rings (SSSR count). The summed E-state index contributed by atoms with van der Waals surface area (Å²) in [6.45, 7) is 3.78. The lowest BCUT2D eigenvalue weighted by molar-refractivity contribution is -0.122. The van der Waals surface area contributed by atoms with E-state index >= 15 is 0 Å². The lowest BCUT2D eigenvalue weighted by Gasteiger charge is -2.50. The first kappa shape index (κ1) is 22.3. The Kier molecular flexibility index (Phi) is 6.62. The molecule has 0 bridgehead atoms. The second kappa shape index (κ2) is 9.20. The fourth-order valence-electron chi connectivity index (χ4n) is 2.76. The molecule has 31 heavy (non-hydrogen) atoms. The number of nitrogens with zero attached hydrogens (tertiary/aromatic N) is 4. The minimum Gasteiger partial charge on any atom is -0.473 e. The number of nitrogens with two attached hydrogens (primary N) is 2. The number of hydrogen-bond acceptors (Lipinski definition) is 12. The van der Waals surface area contributed by atoms with Gasteiger partial charge in [-0.1, -0.05) is 5.16 Å². The van der Waals surface area contributed by atoms with E-state index in [0.717, 1.165) is 11.3 Å². The van der Waals surface area contributed by atoms with Gasteiger partial charge in [-0.3, -0.25) is 15.5 Å². The molecule has 1 aliphatic rings. The zero-order valence-electron chi connectivity index (χ0n) is 16.8. The van der Waals surface area contributed by atoms with Crippen molar-refractivity contribution >= 4 is 33.9 Å². The van der Waals surface area contributed by atoms with Crippen LogP contribution in [0.1, 0.15) is 25.2 Å². The van der Waals surface area contributed by atoms with Gasteiger partial charge < -0.3 is 31.5 Å². The number of aliphatic hydroxyl groups is 1. The number of ether oxygens (including phenoxy) is 1. The Bertz CT molecular complexity index is 976. The number of hydrogen-bond donors (Lipinski definition) is 6. The lowest BCUT2D eigenvalue weighted by atomic mass is 9.84. The number of amides is 1. The number of amidine groups is 1. The second-order valence-electron chi connectivity index (χ2n) is 7.13. The molecular weight excluding hydrogens is 426 g/mol. The maximum Gasteiger partial charge on any atom is 0.276 e. The number of aromatic nitrogens is 3. The summed E-state index contributed by atoms with van der Waals surface area (Å²) in [4.78, 5) is 22.0. The minimum absolute atomic E-state index is 0.00560. The smallest absolute Gasteiger partial charge is 0.276 e. The first-order valence-electron chi connectivity index (χ1n) is 9.16. The molecule has 2 aromatic rings. The summed E-state index contributed by atoms with van der Waals surface area (Å²) in [7, 11) is 0. The van der Waals surface area contributed by atoms with Crippen molar-refractivity contribution in [3.8, 4) is 5.88 Å². The lowest BCUT2D eigenvalue weighted by Crippen LogP contribution is -2.77. The van der Waals surface area contributed by atoms with Gasteiger partial charge in [0.15, 0.2) is 17.5 Å². The molecule has 166 valence electrons. The van der Waals surface area contributed by atoms with Gasteiger partial charge in [-0.15, -0.1) is 21.5 Å². The molecule has 1 amide bonds. The van der Waals surface area contributed by atoms with E-state index in [-0.39, 0.29) is 47.2 Å². The maximum absolute atomic E-state index is 12.7. The van der Waals surface area contributed by atoms with Crippen LogP contribution in [0.5, 0.6) is 5.88 Å². The van der Waals surface area contributed by atoms with Crippen molar-refractivity contribution in [2.45, 2.75) is 31.7 Å². The monoisotopic (exact) mass is 449 g/mol. The number of thiazole rings is 1. The first-order valence-corrected chi connectivity index (χ1v) is 10.0. The minimum atomic E-state index is -0.870. The average Bonchev–Trinajstić information content (AvgIpc) is 3.14. The molecule has 0 spiro atoms. The van der Waals surface area contributed by atoms with Gasteiger partial charge in [0.05, 0.1) is 6.04 Å². The number of nitrogens with one attached hydrogen (secondary N) is 3.